The summed E-state index contributed by atoms with van der Waals surface area (Å²) in [5.41, 5.74) is 6.00. The van der Waals surface area contributed by atoms with E-state index in [2.05, 4.69) is 94.3 Å². The highest BCUT2D eigenvalue weighted by Crippen LogP contribution is 2.33. The number of nitrogens with one attached hydrogen (secondary N) is 1. The Hall–Kier alpha value is -4.08. The average molecular weight is 668 g/mol. The van der Waals surface area contributed by atoms with Crippen LogP contribution in [0.25, 0.3) is 17.2 Å². The molecule has 48 heavy (non-hydrogen) atoms. The molecule has 0 atom stereocenters. The van der Waals surface area contributed by atoms with Crippen LogP contribution in [0.5, 0.6) is 5.75 Å². The molecule has 1 aromatic heterocycles. The van der Waals surface area contributed by atoms with Crippen LogP contribution in [0.4, 0.5) is 11.4 Å². The summed E-state index contributed by atoms with van der Waals surface area (Å²) in [5, 5.41) is 11.5. The third-order valence-electron chi connectivity index (χ3n) is 8.39. The molecule has 254 valence electrons. The molecular formula is C39H49N5O3S. The van der Waals surface area contributed by atoms with E-state index < -0.39 is 0 Å². The Morgan fingerprint density at radius 1 is 0.875 bits per heavy atom. The molecule has 0 saturated heterocycles. The van der Waals surface area contributed by atoms with Gasteiger partial charge < -0.3 is 24.3 Å². The molecule has 4 aromatic rings. The van der Waals surface area contributed by atoms with Crippen molar-refractivity contribution in [2.24, 2.45) is 0 Å². The van der Waals surface area contributed by atoms with Gasteiger partial charge in [0.25, 0.3) is 5.91 Å². The predicted octanol–water partition coefficient (Wildman–Crippen LogP) is 8.88. The van der Waals surface area contributed by atoms with Crippen molar-refractivity contribution in [2.45, 2.75) is 76.5 Å². The van der Waals surface area contributed by atoms with Gasteiger partial charge in [-0.15, -0.1) is 22.0 Å². The molecule has 5 rings (SSSR count). The number of fused-ring (bicyclic) bond motifs is 1. The van der Waals surface area contributed by atoms with Crippen LogP contribution in [0.15, 0.2) is 83.5 Å². The van der Waals surface area contributed by atoms with Crippen molar-refractivity contribution < 1.29 is 14.3 Å². The number of unbranched alkanes of at least 4 members (excludes halogenated alkanes) is 2. The first-order valence-corrected chi connectivity index (χ1v) is 18.4. The van der Waals surface area contributed by atoms with Gasteiger partial charge in [0.15, 0.2) is 0 Å². The summed E-state index contributed by atoms with van der Waals surface area (Å²) < 4.78 is 13.6. The molecule has 0 saturated carbocycles. The maximum Gasteiger partial charge on any atom is 0.251 e. The van der Waals surface area contributed by atoms with Crippen LogP contribution in [0, 0.1) is 0 Å². The SMILES string of the molecule is CCCCOCCOc1ccc(-c2ccc3c(c2)C=C(C(=O)Nc2ccc(SCc4nncn4CCCC)cc2)CCN3CCC)cc1. The third-order valence-corrected chi connectivity index (χ3v) is 9.40. The van der Waals surface area contributed by atoms with E-state index in [1.165, 1.54) is 5.69 Å². The molecule has 0 bridgehead atoms. The predicted molar refractivity (Wildman–Crippen MR) is 198 cm³/mol. The Kier molecular flexibility index (Phi) is 13.5. The molecule has 0 radical (unpaired) electrons. The van der Waals surface area contributed by atoms with Crippen LogP contribution in [-0.4, -0.2) is 53.6 Å². The number of anilines is 2. The smallest absolute Gasteiger partial charge is 0.251 e. The van der Waals surface area contributed by atoms with E-state index in [1.54, 1.807) is 11.8 Å². The van der Waals surface area contributed by atoms with Crippen molar-refractivity contribution in [1.82, 2.24) is 14.8 Å². The fourth-order valence-corrected chi connectivity index (χ4v) is 6.51. The van der Waals surface area contributed by atoms with Gasteiger partial charge in [0.05, 0.1) is 12.4 Å². The number of carbonyl (C=O) groups is 1. The highest BCUT2D eigenvalue weighted by Gasteiger charge is 2.20. The standard InChI is InChI=1S/C39H49N5O3S/c1-4-7-21-44-29-40-42-38(44)28-48-36-16-12-34(13-17-36)41-39(45)32-19-22-43(20-6-3)37-18-11-31(26-33(37)27-32)30-9-14-35(15-10-30)47-25-24-46-23-8-5-2/h9-18,26-27,29H,4-8,19-25,28H2,1-3H3,(H,41,45). The number of carbonyl (C=O) groups excluding carboxylic acids is 1. The zero-order chi connectivity index (χ0) is 33.6. The molecule has 3 aromatic carbocycles. The summed E-state index contributed by atoms with van der Waals surface area (Å²) in [4.78, 5) is 17.1. The maximum atomic E-state index is 13.6. The molecule has 1 aliphatic rings. The van der Waals surface area contributed by atoms with E-state index in [0.717, 1.165) is 109 Å². The second-order valence-corrected chi connectivity index (χ2v) is 13.1. The fraction of sp³-hybridized carbons (Fsp3) is 0.410. The minimum absolute atomic E-state index is 0.0608. The van der Waals surface area contributed by atoms with Crippen molar-refractivity contribution in [3.05, 3.63) is 90.0 Å². The summed E-state index contributed by atoms with van der Waals surface area (Å²) in [5.74, 6) is 2.51. The Morgan fingerprint density at radius 2 is 1.67 bits per heavy atom. The van der Waals surface area contributed by atoms with E-state index in [9.17, 15) is 4.79 Å². The summed E-state index contributed by atoms with van der Waals surface area (Å²) in [6, 6.07) is 22.8. The van der Waals surface area contributed by atoms with Gasteiger partial charge in [-0.05, 0) is 97.0 Å². The summed E-state index contributed by atoms with van der Waals surface area (Å²) >= 11 is 1.72. The number of rotatable bonds is 18. The van der Waals surface area contributed by atoms with E-state index in [0.29, 0.717) is 19.6 Å². The van der Waals surface area contributed by atoms with Crippen LogP contribution in [0.1, 0.15) is 70.7 Å². The van der Waals surface area contributed by atoms with Gasteiger partial charge in [0, 0.05) is 48.1 Å². The molecular weight excluding hydrogens is 619 g/mol. The van der Waals surface area contributed by atoms with E-state index in [1.807, 2.05) is 30.6 Å². The number of aromatic nitrogens is 3. The zero-order valence-electron chi connectivity index (χ0n) is 28.6. The summed E-state index contributed by atoms with van der Waals surface area (Å²) in [6.45, 7) is 11.1. The van der Waals surface area contributed by atoms with Crippen molar-refractivity contribution >= 4 is 35.1 Å². The number of aryl methyl sites for hydroxylation is 1. The average Bonchev–Trinajstić information content (AvgIpc) is 3.48. The Balaban J connectivity index is 1.23. The molecule has 2 heterocycles. The molecule has 1 N–H and O–H groups in total. The van der Waals surface area contributed by atoms with Gasteiger partial charge in [-0.25, -0.2) is 0 Å². The highest BCUT2D eigenvalue weighted by atomic mass is 32.2. The lowest BCUT2D eigenvalue weighted by atomic mass is 10.00. The Labute approximate surface area is 289 Å². The summed E-state index contributed by atoms with van der Waals surface area (Å²) in [6.07, 6.45) is 10.1. The normalized spacial score (nSPS) is 12.7. The van der Waals surface area contributed by atoms with Crippen LogP contribution >= 0.6 is 11.8 Å². The lowest BCUT2D eigenvalue weighted by Gasteiger charge is -2.25. The maximum absolute atomic E-state index is 13.6. The lowest BCUT2D eigenvalue weighted by molar-refractivity contribution is -0.112. The Morgan fingerprint density at radius 3 is 2.44 bits per heavy atom. The second-order valence-electron chi connectivity index (χ2n) is 12.1. The number of nitrogens with zero attached hydrogens (tertiary/aromatic N) is 4. The minimum atomic E-state index is -0.0608. The molecule has 1 amide bonds. The van der Waals surface area contributed by atoms with E-state index in [4.69, 9.17) is 9.47 Å². The van der Waals surface area contributed by atoms with Crippen molar-refractivity contribution in [3.8, 4) is 16.9 Å². The first kappa shape index (κ1) is 35.2. The third kappa shape index (κ3) is 9.97. The number of hydrogen-bond acceptors (Lipinski definition) is 7. The fourth-order valence-electron chi connectivity index (χ4n) is 5.66. The van der Waals surface area contributed by atoms with Crippen LogP contribution in [0.3, 0.4) is 0 Å². The highest BCUT2D eigenvalue weighted by molar-refractivity contribution is 7.98. The molecule has 0 aliphatic carbocycles. The summed E-state index contributed by atoms with van der Waals surface area (Å²) in [7, 11) is 0. The first-order chi connectivity index (χ1) is 23.6. The second kappa shape index (κ2) is 18.5. The van der Waals surface area contributed by atoms with Gasteiger partial charge in [0.2, 0.25) is 0 Å². The molecule has 1 aliphatic heterocycles. The van der Waals surface area contributed by atoms with Gasteiger partial charge in [-0.2, -0.15) is 0 Å². The van der Waals surface area contributed by atoms with Crippen molar-refractivity contribution in [1.29, 1.82) is 0 Å². The van der Waals surface area contributed by atoms with Crippen LogP contribution in [-0.2, 0) is 21.8 Å². The number of ether oxygens (including phenoxy) is 2. The lowest BCUT2D eigenvalue weighted by Crippen LogP contribution is -2.26. The number of thioether (sulfide) groups is 1. The number of benzene rings is 3. The van der Waals surface area contributed by atoms with Crippen LogP contribution in [0.2, 0.25) is 0 Å². The van der Waals surface area contributed by atoms with Crippen molar-refractivity contribution in [3.63, 3.8) is 0 Å². The van der Waals surface area contributed by atoms with E-state index >= 15 is 0 Å². The minimum Gasteiger partial charge on any atom is -0.491 e. The molecule has 0 unspecified atom stereocenters. The molecule has 0 fully saturated rings. The van der Waals surface area contributed by atoms with Gasteiger partial charge in [-0.3, -0.25) is 4.79 Å². The molecule has 9 heteroatoms. The van der Waals surface area contributed by atoms with Gasteiger partial charge in [0.1, 0.15) is 24.5 Å². The van der Waals surface area contributed by atoms with Gasteiger partial charge >= 0.3 is 0 Å². The van der Waals surface area contributed by atoms with Gasteiger partial charge in [-0.1, -0.05) is 51.8 Å². The molecule has 0 spiro atoms. The molecule has 8 nitrogen and oxygen atoms in total. The van der Waals surface area contributed by atoms with E-state index in [-0.39, 0.29) is 5.91 Å². The number of hydrogen-bond donors (Lipinski definition) is 1. The van der Waals surface area contributed by atoms with Crippen LogP contribution < -0.4 is 15.0 Å². The monoisotopic (exact) mass is 667 g/mol. The quantitative estimate of drug-likeness (QED) is 0.0839. The largest absolute Gasteiger partial charge is 0.491 e. The first-order valence-electron chi connectivity index (χ1n) is 17.4. The zero-order valence-corrected chi connectivity index (χ0v) is 29.4. The Bertz CT molecular complexity index is 1620. The number of amides is 1. The van der Waals surface area contributed by atoms with Crippen molar-refractivity contribution in [2.75, 3.05) is 43.1 Å². The topological polar surface area (TPSA) is 81.5 Å².